The molecule has 0 heterocycles. The molecule has 23 heavy (non-hydrogen) atoms. The highest BCUT2D eigenvalue weighted by atomic mass is 16.4. The number of hydrogen-bond donors (Lipinski definition) is 7. The van der Waals surface area contributed by atoms with Gasteiger partial charge in [-0.3, -0.25) is 0 Å². The number of aliphatic hydroxyl groups excluding tert-OH is 7. The predicted octanol–water partition coefficient (Wildman–Crippen LogP) is -0.225. The largest absolute Gasteiger partial charge is 0.390 e. The van der Waals surface area contributed by atoms with Gasteiger partial charge in [0.05, 0.1) is 24.4 Å². The Morgan fingerprint density at radius 2 is 0.609 bits per heavy atom. The maximum Gasteiger partial charge on any atom is 0.108 e. The lowest BCUT2D eigenvalue weighted by Gasteiger charge is -2.25. The highest BCUT2D eigenvalue weighted by Gasteiger charge is 2.28. The first-order valence-electron chi connectivity index (χ1n) is 7.94. The topological polar surface area (TPSA) is 142 Å². The van der Waals surface area contributed by atoms with E-state index in [0.717, 1.165) is 0 Å². The second-order valence-corrected chi connectivity index (χ2v) is 5.37. The van der Waals surface area contributed by atoms with Crippen LogP contribution >= 0.6 is 0 Å². The number of aliphatic hydroxyl groups is 7. The van der Waals surface area contributed by atoms with Gasteiger partial charge in [0.15, 0.2) is 0 Å². The Morgan fingerprint density at radius 1 is 0.435 bits per heavy atom. The summed E-state index contributed by atoms with van der Waals surface area (Å²) in [7, 11) is 0. The smallest absolute Gasteiger partial charge is 0.108 e. The van der Waals surface area contributed by atoms with Gasteiger partial charge in [-0.15, -0.1) is 0 Å². The van der Waals surface area contributed by atoms with Crippen molar-refractivity contribution in [2.45, 2.75) is 104 Å². The highest BCUT2D eigenvalue weighted by molar-refractivity contribution is 4.79. The molecule has 6 atom stereocenters. The van der Waals surface area contributed by atoms with Crippen LogP contribution in [0.15, 0.2) is 0 Å². The van der Waals surface area contributed by atoms with Gasteiger partial charge in [-0.05, 0) is 25.7 Å². The molecule has 144 valence electrons. The van der Waals surface area contributed by atoms with Gasteiger partial charge in [0.2, 0.25) is 0 Å². The molecule has 0 rings (SSSR count). The summed E-state index contributed by atoms with van der Waals surface area (Å²) < 4.78 is 0. The van der Waals surface area contributed by atoms with E-state index in [1.54, 1.807) is 27.7 Å². The van der Waals surface area contributed by atoms with Gasteiger partial charge >= 0.3 is 0 Å². The van der Waals surface area contributed by atoms with E-state index in [-0.39, 0.29) is 7.43 Å². The zero-order valence-electron chi connectivity index (χ0n) is 14.0. The van der Waals surface area contributed by atoms with Crippen LogP contribution in [0.4, 0.5) is 0 Å². The van der Waals surface area contributed by atoms with Crippen LogP contribution in [0.1, 0.15) is 60.8 Å². The van der Waals surface area contributed by atoms with E-state index in [0.29, 0.717) is 25.7 Å². The van der Waals surface area contributed by atoms with Gasteiger partial charge in [0.1, 0.15) is 18.3 Å². The summed E-state index contributed by atoms with van der Waals surface area (Å²) in [6.07, 6.45) is -5.39. The van der Waals surface area contributed by atoms with E-state index < -0.39 is 42.7 Å². The maximum atomic E-state index is 9.23. The molecule has 0 amide bonds. The van der Waals surface area contributed by atoms with Crippen LogP contribution in [-0.2, 0) is 0 Å². The Hall–Kier alpha value is -0.280. The van der Waals surface area contributed by atoms with Gasteiger partial charge in [0.25, 0.3) is 0 Å². The molecule has 0 aliphatic rings. The van der Waals surface area contributed by atoms with Gasteiger partial charge in [-0.25, -0.2) is 0 Å². The Labute approximate surface area is 140 Å². The zero-order valence-corrected chi connectivity index (χ0v) is 14.0. The predicted molar refractivity (Wildman–Crippen MR) is 89.9 cm³/mol. The molecule has 7 heteroatoms. The fourth-order valence-electron chi connectivity index (χ4n) is 1.68. The Balaban J connectivity index is -0.000000338. The van der Waals surface area contributed by atoms with E-state index in [1.165, 1.54) is 0 Å². The van der Waals surface area contributed by atoms with E-state index in [2.05, 4.69) is 0 Å². The summed E-state index contributed by atoms with van der Waals surface area (Å²) in [6, 6.07) is 0. The Bertz CT molecular complexity index is 229. The molecule has 0 aromatic heterocycles. The fraction of sp³-hybridized carbons (Fsp3) is 1.00. The molecule has 6 unspecified atom stereocenters. The molecule has 0 saturated carbocycles. The van der Waals surface area contributed by atoms with Gasteiger partial charge in [-0.1, -0.05) is 35.1 Å². The van der Waals surface area contributed by atoms with Crippen LogP contribution in [0.5, 0.6) is 0 Å². The minimum Gasteiger partial charge on any atom is -0.390 e. The lowest BCUT2D eigenvalue weighted by molar-refractivity contribution is -0.105. The molecule has 0 fully saturated rings. The molecular weight excluding hydrogens is 304 g/mol. The van der Waals surface area contributed by atoms with Crippen molar-refractivity contribution in [1.29, 1.82) is 0 Å². The van der Waals surface area contributed by atoms with E-state index >= 15 is 0 Å². The van der Waals surface area contributed by atoms with Crippen LogP contribution in [-0.4, -0.2) is 78.5 Å². The molecule has 0 aliphatic carbocycles. The van der Waals surface area contributed by atoms with Crippen LogP contribution in [0.25, 0.3) is 0 Å². The van der Waals surface area contributed by atoms with Crippen LogP contribution in [0.2, 0.25) is 0 Å². The number of hydrogen-bond acceptors (Lipinski definition) is 7. The van der Waals surface area contributed by atoms with Crippen molar-refractivity contribution in [2.24, 2.45) is 0 Å². The average molecular weight is 342 g/mol. The minimum absolute atomic E-state index is 0. The summed E-state index contributed by atoms with van der Waals surface area (Å²) in [6.45, 7) is 6.91. The summed E-state index contributed by atoms with van der Waals surface area (Å²) >= 11 is 0. The van der Waals surface area contributed by atoms with Gasteiger partial charge in [-0.2, -0.15) is 0 Å². The van der Waals surface area contributed by atoms with Crippen molar-refractivity contribution >= 4 is 0 Å². The zero-order chi connectivity index (χ0) is 17.9. The van der Waals surface area contributed by atoms with Crippen molar-refractivity contribution in [3.63, 3.8) is 0 Å². The fourth-order valence-corrected chi connectivity index (χ4v) is 1.68. The van der Waals surface area contributed by atoms with Gasteiger partial charge < -0.3 is 35.7 Å². The molecule has 7 N–H and O–H groups in total. The Morgan fingerprint density at radius 3 is 0.783 bits per heavy atom. The summed E-state index contributed by atoms with van der Waals surface area (Å²) in [5.41, 5.74) is 0. The molecule has 7 nitrogen and oxygen atoms in total. The maximum absolute atomic E-state index is 9.23. The lowest BCUT2D eigenvalue weighted by atomic mass is 10.0. The van der Waals surface area contributed by atoms with Crippen molar-refractivity contribution in [3.8, 4) is 0 Å². The minimum atomic E-state index is -1.26. The highest BCUT2D eigenvalue weighted by Crippen LogP contribution is 2.09. The number of rotatable bonds is 9. The third-order valence-corrected chi connectivity index (χ3v) is 3.60. The summed E-state index contributed by atoms with van der Waals surface area (Å²) in [5, 5.41) is 63.8. The third kappa shape index (κ3) is 11.0. The average Bonchev–Trinajstić information content (AvgIpc) is 2.56. The van der Waals surface area contributed by atoms with E-state index in [9.17, 15) is 10.2 Å². The molecule has 0 aliphatic heterocycles. The van der Waals surface area contributed by atoms with E-state index in [4.69, 9.17) is 25.5 Å². The van der Waals surface area contributed by atoms with Crippen LogP contribution in [0.3, 0.4) is 0 Å². The normalized spacial score (nSPS) is 20.0. The standard InChI is InChI=1S/C8H18O4.C7H16O3.CH4/c1-3-5(9)7(11)8(12)6(10)4-2;1-3-5(8)7(10)6(9)4-2;/h5-12H,3-4H2,1-2H3;5-10H,3-4H2,1-2H3;1H4. The monoisotopic (exact) mass is 342 g/mol. The summed E-state index contributed by atoms with van der Waals surface area (Å²) in [4.78, 5) is 0. The van der Waals surface area contributed by atoms with Crippen molar-refractivity contribution in [2.75, 3.05) is 0 Å². The summed E-state index contributed by atoms with van der Waals surface area (Å²) in [5.74, 6) is 0. The molecule has 0 aromatic rings. The van der Waals surface area contributed by atoms with Crippen molar-refractivity contribution in [3.05, 3.63) is 0 Å². The Kier molecular flexibility index (Phi) is 18.3. The first kappa shape index (κ1) is 27.6. The first-order valence-corrected chi connectivity index (χ1v) is 7.94. The van der Waals surface area contributed by atoms with Crippen LogP contribution in [0, 0.1) is 0 Å². The molecule has 0 spiro atoms. The first-order chi connectivity index (χ1) is 10.2. The van der Waals surface area contributed by atoms with E-state index in [1.807, 2.05) is 0 Å². The quantitative estimate of drug-likeness (QED) is 0.307. The second-order valence-electron chi connectivity index (χ2n) is 5.37. The molecule has 0 radical (unpaired) electrons. The second kappa shape index (κ2) is 15.3. The van der Waals surface area contributed by atoms with Crippen molar-refractivity contribution in [1.82, 2.24) is 0 Å². The van der Waals surface area contributed by atoms with Crippen LogP contribution < -0.4 is 0 Å². The SMILES string of the molecule is C.CCC(O)C(O)C(O)C(O)CC.CCC(O)C(O)C(O)CC. The molecule has 0 aromatic carbocycles. The third-order valence-electron chi connectivity index (χ3n) is 3.60. The van der Waals surface area contributed by atoms with Crippen molar-refractivity contribution < 1.29 is 35.7 Å². The van der Waals surface area contributed by atoms with Gasteiger partial charge in [0, 0.05) is 0 Å². The molecular formula is C16H38O7. The molecule has 0 bridgehead atoms. The lowest BCUT2D eigenvalue weighted by Crippen LogP contribution is -2.43. The molecule has 0 saturated heterocycles.